The minimum absolute atomic E-state index is 0.124. The van der Waals surface area contributed by atoms with E-state index >= 15 is 0 Å². The molecule has 2 aromatic rings. The van der Waals surface area contributed by atoms with Gasteiger partial charge in [0.25, 0.3) is 0 Å². The molecule has 0 saturated carbocycles. The molecule has 0 aliphatic rings. The summed E-state index contributed by atoms with van der Waals surface area (Å²) in [7, 11) is 1.49. The summed E-state index contributed by atoms with van der Waals surface area (Å²) >= 11 is 0. The average molecular weight is 273 g/mol. The van der Waals surface area contributed by atoms with Crippen molar-refractivity contribution in [3.63, 3.8) is 0 Å². The second-order valence-corrected chi connectivity index (χ2v) is 4.43. The highest BCUT2D eigenvalue weighted by atomic mass is 16.5. The van der Waals surface area contributed by atoms with E-state index in [-0.39, 0.29) is 12.0 Å². The van der Waals surface area contributed by atoms with E-state index in [2.05, 4.69) is 39.3 Å². The molecule has 6 nitrogen and oxygen atoms in total. The molecule has 3 N–H and O–H groups in total. The molecule has 0 atom stereocenters. The van der Waals surface area contributed by atoms with E-state index in [1.54, 1.807) is 0 Å². The molecule has 0 radical (unpaired) electrons. The van der Waals surface area contributed by atoms with E-state index in [4.69, 9.17) is 10.5 Å². The van der Waals surface area contributed by atoms with E-state index in [0.29, 0.717) is 5.95 Å². The Hall–Kier alpha value is -2.37. The van der Waals surface area contributed by atoms with E-state index in [0.717, 1.165) is 12.1 Å². The number of ether oxygens (including phenoxy) is 1. The minimum Gasteiger partial charge on any atom is -0.467 e. The van der Waals surface area contributed by atoms with Crippen molar-refractivity contribution in [1.82, 2.24) is 15.0 Å². The lowest BCUT2D eigenvalue weighted by atomic mass is 10.1. The number of benzene rings is 1. The number of nitrogens with one attached hydrogen (secondary N) is 1. The number of nitrogens with two attached hydrogens (primary N) is 1. The normalized spacial score (nSPS) is 10.3. The van der Waals surface area contributed by atoms with Crippen LogP contribution in [-0.2, 0) is 6.42 Å². The zero-order valence-electron chi connectivity index (χ0n) is 11.8. The van der Waals surface area contributed by atoms with Gasteiger partial charge in [-0.1, -0.05) is 25.5 Å². The summed E-state index contributed by atoms with van der Waals surface area (Å²) in [6, 6.07) is 8.38. The molecule has 1 aromatic heterocycles. The average Bonchev–Trinajstić information content (AvgIpc) is 2.46. The van der Waals surface area contributed by atoms with Crippen LogP contribution < -0.4 is 15.8 Å². The van der Waals surface area contributed by atoms with Crippen molar-refractivity contribution < 1.29 is 4.74 Å². The molecular weight excluding hydrogens is 254 g/mol. The maximum Gasteiger partial charge on any atom is 0.322 e. The Morgan fingerprint density at radius 3 is 2.55 bits per heavy atom. The number of aromatic nitrogens is 3. The Morgan fingerprint density at radius 2 is 1.90 bits per heavy atom. The van der Waals surface area contributed by atoms with Gasteiger partial charge < -0.3 is 15.8 Å². The van der Waals surface area contributed by atoms with Gasteiger partial charge in [-0.2, -0.15) is 15.0 Å². The van der Waals surface area contributed by atoms with Gasteiger partial charge in [0.1, 0.15) is 0 Å². The highest BCUT2D eigenvalue weighted by molar-refractivity contribution is 5.54. The Morgan fingerprint density at radius 1 is 1.15 bits per heavy atom. The van der Waals surface area contributed by atoms with Gasteiger partial charge in [0.05, 0.1) is 7.11 Å². The summed E-state index contributed by atoms with van der Waals surface area (Å²) < 4.78 is 4.95. The van der Waals surface area contributed by atoms with Gasteiger partial charge in [-0.3, -0.25) is 0 Å². The van der Waals surface area contributed by atoms with E-state index in [1.807, 2.05) is 12.1 Å². The first kappa shape index (κ1) is 14.0. The van der Waals surface area contributed by atoms with E-state index in [1.165, 1.54) is 25.5 Å². The lowest BCUT2D eigenvalue weighted by molar-refractivity contribution is 0.380. The predicted molar refractivity (Wildman–Crippen MR) is 79.1 cm³/mol. The maximum absolute atomic E-state index is 5.59. The number of aryl methyl sites for hydroxylation is 1. The molecule has 1 aromatic carbocycles. The smallest absolute Gasteiger partial charge is 0.322 e. The number of hydrogen-bond donors (Lipinski definition) is 2. The van der Waals surface area contributed by atoms with Crippen LogP contribution in [0.25, 0.3) is 0 Å². The fourth-order valence-corrected chi connectivity index (χ4v) is 1.78. The SMILES string of the molecule is CCCCc1ccc(Nc2nc(N)nc(OC)n2)cc1. The highest BCUT2D eigenvalue weighted by Gasteiger charge is 2.04. The highest BCUT2D eigenvalue weighted by Crippen LogP contribution is 2.17. The minimum atomic E-state index is 0.124. The third-order valence-electron chi connectivity index (χ3n) is 2.84. The molecule has 1 heterocycles. The first-order valence-electron chi connectivity index (χ1n) is 6.62. The standard InChI is InChI=1S/C14H19N5O/c1-3-4-5-10-6-8-11(9-7-10)16-13-17-12(15)18-14(19-13)20-2/h6-9H,3-5H2,1-2H3,(H3,15,16,17,18,19). The van der Waals surface area contributed by atoms with Crippen molar-refractivity contribution >= 4 is 17.6 Å². The number of nitrogens with zero attached hydrogens (tertiary/aromatic N) is 3. The number of hydrogen-bond acceptors (Lipinski definition) is 6. The van der Waals surface area contributed by atoms with Gasteiger partial charge in [-0.25, -0.2) is 0 Å². The van der Waals surface area contributed by atoms with Crippen molar-refractivity contribution in [1.29, 1.82) is 0 Å². The number of nitrogen functional groups attached to an aromatic ring is 1. The molecule has 0 bridgehead atoms. The zero-order chi connectivity index (χ0) is 14.4. The molecule has 2 rings (SSSR count). The monoisotopic (exact) mass is 273 g/mol. The molecular formula is C14H19N5O. The van der Waals surface area contributed by atoms with Crippen molar-refractivity contribution in [3.8, 4) is 6.01 Å². The van der Waals surface area contributed by atoms with Crippen LogP contribution in [0.5, 0.6) is 6.01 Å². The lowest BCUT2D eigenvalue weighted by Crippen LogP contribution is -2.05. The van der Waals surface area contributed by atoms with E-state index < -0.39 is 0 Å². The molecule has 0 amide bonds. The molecule has 0 aliphatic heterocycles. The summed E-state index contributed by atoms with van der Waals surface area (Å²) in [6.45, 7) is 2.19. The Bertz CT molecular complexity index is 556. The number of anilines is 3. The summed E-state index contributed by atoms with van der Waals surface area (Å²) in [4.78, 5) is 11.9. The maximum atomic E-state index is 5.59. The molecule has 0 unspecified atom stereocenters. The van der Waals surface area contributed by atoms with Crippen LogP contribution in [0.4, 0.5) is 17.6 Å². The van der Waals surface area contributed by atoms with Crippen molar-refractivity contribution in [2.24, 2.45) is 0 Å². The van der Waals surface area contributed by atoms with Crippen LogP contribution in [0.2, 0.25) is 0 Å². The van der Waals surface area contributed by atoms with Crippen molar-refractivity contribution in [2.45, 2.75) is 26.2 Å². The summed E-state index contributed by atoms with van der Waals surface area (Å²) in [6.07, 6.45) is 3.50. The second kappa shape index (κ2) is 6.70. The van der Waals surface area contributed by atoms with Crippen LogP contribution in [0.15, 0.2) is 24.3 Å². The molecule has 0 saturated heterocycles. The Labute approximate surface area is 118 Å². The van der Waals surface area contributed by atoms with Crippen molar-refractivity contribution in [3.05, 3.63) is 29.8 Å². The first-order chi connectivity index (χ1) is 9.71. The van der Waals surface area contributed by atoms with Gasteiger partial charge in [0.15, 0.2) is 0 Å². The molecule has 0 aliphatic carbocycles. The summed E-state index contributed by atoms with van der Waals surface area (Å²) in [5.74, 6) is 0.495. The third kappa shape index (κ3) is 3.81. The van der Waals surface area contributed by atoms with Crippen LogP contribution in [-0.4, -0.2) is 22.1 Å². The van der Waals surface area contributed by atoms with Gasteiger partial charge >= 0.3 is 6.01 Å². The molecule has 20 heavy (non-hydrogen) atoms. The topological polar surface area (TPSA) is 86.0 Å². The number of unbranched alkanes of at least 4 members (excludes halogenated alkanes) is 1. The van der Waals surface area contributed by atoms with Crippen LogP contribution >= 0.6 is 0 Å². The second-order valence-electron chi connectivity index (χ2n) is 4.43. The van der Waals surface area contributed by atoms with Gasteiger partial charge in [-0.15, -0.1) is 0 Å². The van der Waals surface area contributed by atoms with E-state index in [9.17, 15) is 0 Å². The fraction of sp³-hybridized carbons (Fsp3) is 0.357. The van der Waals surface area contributed by atoms with Crippen LogP contribution in [0.1, 0.15) is 25.3 Å². The lowest BCUT2D eigenvalue weighted by Gasteiger charge is -2.07. The number of rotatable bonds is 6. The molecule has 106 valence electrons. The predicted octanol–water partition coefficient (Wildman–Crippen LogP) is 2.55. The van der Waals surface area contributed by atoms with Crippen molar-refractivity contribution in [2.75, 3.05) is 18.2 Å². The Kier molecular flexibility index (Phi) is 4.70. The zero-order valence-corrected chi connectivity index (χ0v) is 11.8. The van der Waals surface area contributed by atoms with Crippen LogP contribution in [0, 0.1) is 0 Å². The van der Waals surface area contributed by atoms with Gasteiger partial charge in [0.2, 0.25) is 11.9 Å². The first-order valence-corrected chi connectivity index (χ1v) is 6.62. The van der Waals surface area contributed by atoms with Gasteiger partial charge in [0, 0.05) is 5.69 Å². The fourth-order valence-electron chi connectivity index (χ4n) is 1.78. The quantitative estimate of drug-likeness (QED) is 0.841. The van der Waals surface area contributed by atoms with Crippen LogP contribution in [0.3, 0.4) is 0 Å². The third-order valence-corrected chi connectivity index (χ3v) is 2.84. The number of methoxy groups -OCH3 is 1. The molecule has 6 heteroatoms. The summed E-state index contributed by atoms with van der Waals surface area (Å²) in [5, 5.41) is 3.08. The molecule has 0 fully saturated rings. The largest absolute Gasteiger partial charge is 0.467 e. The Balaban J connectivity index is 2.07. The van der Waals surface area contributed by atoms with Gasteiger partial charge in [-0.05, 0) is 30.5 Å². The summed E-state index contributed by atoms with van der Waals surface area (Å²) in [5.41, 5.74) is 7.81. The molecule has 0 spiro atoms.